The fourth-order valence-corrected chi connectivity index (χ4v) is 2.19. The van der Waals surface area contributed by atoms with Crippen molar-refractivity contribution in [2.45, 2.75) is 19.3 Å². The molecule has 1 atom stereocenters. The quantitative estimate of drug-likeness (QED) is 0.709. The molecule has 1 aromatic heterocycles. The van der Waals surface area contributed by atoms with Crippen LogP contribution >= 0.6 is 0 Å². The molecule has 1 aromatic rings. The SMILES string of the molecule is CS(=O)CCCNc1ccc(N)c(OCC2CC2)n1. The molecular weight excluding hydrogens is 262 g/mol. The van der Waals surface area contributed by atoms with Gasteiger partial charge in [-0.05, 0) is 37.3 Å². The van der Waals surface area contributed by atoms with Gasteiger partial charge in [0.1, 0.15) is 5.82 Å². The van der Waals surface area contributed by atoms with E-state index >= 15 is 0 Å². The Morgan fingerprint density at radius 2 is 2.32 bits per heavy atom. The zero-order chi connectivity index (χ0) is 13.7. The average molecular weight is 283 g/mol. The van der Waals surface area contributed by atoms with Crippen molar-refractivity contribution in [1.29, 1.82) is 0 Å². The van der Waals surface area contributed by atoms with Crippen LogP contribution in [0.1, 0.15) is 19.3 Å². The van der Waals surface area contributed by atoms with Gasteiger partial charge in [-0.3, -0.25) is 4.21 Å². The zero-order valence-corrected chi connectivity index (χ0v) is 12.0. The van der Waals surface area contributed by atoms with Crippen LogP contribution in [-0.4, -0.2) is 34.4 Å². The molecule has 1 saturated carbocycles. The molecule has 1 fully saturated rings. The minimum absolute atomic E-state index is 0.510. The fraction of sp³-hybridized carbons (Fsp3) is 0.615. The predicted molar refractivity (Wildman–Crippen MR) is 78.9 cm³/mol. The summed E-state index contributed by atoms with van der Waals surface area (Å²) in [5.74, 6) is 2.64. The van der Waals surface area contributed by atoms with E-state index in [1.807, 2.05) is 6.07 Å². The molecule has 0 spiro atoms. The number of pyridine rings is 1. The fourth-order valence-electron chi connectivity index (χ4n) is 1.64. The monoisotopic (exact) mass is 283 g/mol. The first-order valence-corrected chi connectivity index (χ1v) is 8.31. The summed E-state index contributed by atoms with van der Waals surface area (Å²) in [4.78, 5) is 4.35. The Bertz CT molecular complexity index is 450. The van der Waals surface area contributed by atoms with E-state index in [1.165, 1.54) is 12.8 Å². The van der Waals surface area contributed by atoms with Gasteiger partial charge in [-0.1, -0.05) is 0 Å². The lowest BCUT2D eigenvalue weighted by Gasteiger charge is -2.10. The number of hydrogen-bond acceptors (Lipinski definition) is 5. The number of ether oxygens (including phenoxy) is 1. The van der Waals surface area contributed by atoms with Crippen molar-refractivity contribution >= 4 is 22.3 Å². The minimum Gasteiger partial charge on any atom is -0.476 e. The molecule has 1 aliphatic rings. The van der Waals surface area contributed by atoms with Gasteiger partial charge in [-0.2, -0.15) is 4.98 Å². The molecule has 1 aliphatic carbocycles. The molecule has 3 N–H and O–H groups in total. The molecule has 1 unspecified atom stereocenters. The average Bonchev–Trinajstić information content (AvgIpc) is 3.18. The molecule has 0 amide bonds. The van der Waals surface area contributed by atoms with Crippen molar-refractivity contribution in [3.8, 4) is 5.88 Å². The molecule has 0 radical (unpaired) electrons. The highest BCUT2D eigenvalue weighted by Gasteiger charge is 2.22. The first kappa shape index (κ1) is 14.1. The van der Waals surface area contributed by atoms with Gasteiger partial charge < -0.3 is 15.8 Å². The Morgan fingerprint density at radius 3 is 3.00 bits per heavy atom. The van der Waals surface area contributed by atoms with Crippen LogP contribution in [0, 0.1) is 5.92 Å². The van der Waals surface area contributed by atoms with Crippen molar-refractivity contribution in [2.75, 3.05) is 36.2 Å². The van der Waals surface area contributed by atoms with Gasteiger partial charge >= 0.3 is 0 Å². The smallest absolute Gasteiger partial charge is 0.239 e. The summed E-state index contributed by atoms with van der Waals surface area (Å²) >= 11 is 0. The van der Waals surface area contributed by atoms with Gasteiger partial charge in [0.25, 0.3) is 0 Å². The molecule has 2 rings (SSSR count). The summed E-state index contributed by atoms with van der Waals surface area (Å²) in [6, 6.07) is 3.64. The van der Waals surface area contributed by atoms with Crippen LogP contribution < -0.4 is 15.8 Å². The molecule has 1 heterocycles. The normalized spacial score (nSPS) is 16.1. The number of nitrogens with one attached hydrogen (secondary N) is 1. The summed E-state index contributed by atoms with van der Waals surface area (Å²) in [7, 11) is -0.738. The van der Waals surface area contributed by atoms with Gasteiger partial charge in [-0.15, -0.1) is 0 Å². The summed E-state index contributed by atoms with van der Waals surface area (Å²) < 4.78 is 16.6. The van der Waals surface area contributed by atoms with Crippen LogP contribution in [0.2, 0.25) is 0 Å². The van der Waals surface area contributed by atoms with E-state index in [0.29, 0.717) is 29.8 Å². The van der Waals surface area contributed by atoms with Crippen molar-refractivity contribution in [3.63, 3.8) is 0 Å². The van der Waals surface area contributed by atoms with Crippen LogP contribution in [0.5, 0.6) is 5.88 Å². The first-order chi connectivity index (χ1) is 9.15. The van der Waals surface area contributed by atoms with E-state index in [1.54, 1.807) is 12.3 Å². The number of rotatable bonds is 8. The molecule has 0 aliphatic heterocycles. The molecule has 19 heavy (non-hydrogen) atoms. The third-order valence-electron chi connectivity index (χ3n) is 2.96. The minimum atomic E-state index is -0.738. The summed E-state index contributed by atoms with van der Waals surface area (Å²) in [5.41, 5.74) is 6.41. The van der Waals surface area contributed by atoms with Crippen LogP contribution in [0.3, 0.4) is 0 Å². The van der Waals surface area contributed by atoms with E-state index in [0.717, 1.165) is 18.8 Å². The van der Waals surface area contributed by atoms with Gasteiger partial charge in [0.2, 0.25) is 5.88 Å². The van der Waals surface area contributed by atoms with Crippen LogP contribution in [0.15, 0.2) is 12.1 Å². The first-order valence-electron chi connectivity index (χ1n) is 6.58. The second kappa shape index (κ2) is 6.75. The lowest BCUT2D eigenvalue weighted by molar-refractivity contribution is 0.290. The van der Waals surface area contributed by atoms with E-state index in [9.17, 15) is 4.21 Å². The predicted octanol–water partition coefficient (Wildman–Crippen LogP) is 1.63. The Labute approximate surface area is 116 Å². The standard InChI is InChI=1S/C13H21N3O2S/c1-19(17)8-2-7-15-12-6-5-11(14)13(16-12)18-9-10-3-4-10/h5-6,10H,2-4,7-9,14H2,1H3,(H,15,16). The molecule has 0 bridgehead atoms. The lowest BCUT2D eigenvalue weighted by Crippen LogP contribution is -2.09. The summed E-state index contributed by atoms with van der Waals surface area (Å²) in [5, 5.41) is 3.19. The maximum Gasteiger partial charge on any atom is 0.239 e. The summed E-state index contributed by atoms with van der Waals surface area (Å²) in [6.45, 7) is 1.45. The van der Waals surface area contributed by atoms with E-state index in [2.05, 4.69) is 10.3 Å². The van der Waals surface area contributed by atoms with Crippen molar-refractivity contribution in [3.05, 3.63) is 12.1 Å². The van der Waals surface area contributed by atoms with E-state index < -0.39 is 10.8 Å². The van der Waals surface area contributed by atoms with Gasteiger partial charge in [0.05, 0.1) is 12.3 Å². The maximum atomic E-state index is 10.9. The number of nitrogens with zero attached hydrogens (tertiary/aromatic N) is 1. The van der Waals surface area contributed by atoms with Crippen LogP contribution in [0.25, 0.3) is 0 Å². The number of nitrogen functional groups attached to an aromatic ring is 1. The van der Waals surface area contributed by atoms with E-state index in [-0.39, 0.29) is 0 Å². The number of anilines is 2. The van der Waals surface area contributed by atoms with Gasteiger partial charge in [-0.25, -0.2) is 0 Å². The Morgan fingerprint density at radius 1 is 1.53 bits per heavy atom. The highest BCUT2D eigenvalue weighted by Crippen LogP contribution is 2.30. The number of aromatic nitrogens is 1. The highest BCUT2D eigenvalue weighted by molar-refractivity contribution is 7.84. The molecule has 106 valence electrons. The number of hydrogen-bond donors (Lipinski definition) is 2. The Balaban J connectivity index is 1.82. The van der Waals surface area contributed by atoms with E-state index in [4.69, 9.17) is 10.5 Å². The third kappa shape index (κ3) is 5.06. The third-order valence-corrected chi connectivity index (χ3v) is 3.82. The molecule has 0 aromatic carbocycles. The largest absolute Gasteiger partial charge is 0.476 e. The molecule has 0 saturated heterocycles. The number of nitrogens with two attached hydrogens (primary N) is 1. The lowest BCUT2D eigenvalue weighted by atomic mass is 10.4. The van der Waals surface area contributed by atoms with Crippen molar-refractivity contribution < 1.29 is 8.95 Å². The second-order valence-electron chi connectivity index (χ2n) is 4.90. The molecular formula is C13H21N3O2S. The van der Waals surface area contributed by atoms with Gasteiger partial charge in [0, 0.05) is 29.4 Å². The topological polar surface area (TPSA) is 77.2 Å². The zero-order valence-electron chi connectivity index (χ0n) is 11.2. The van der Waals surface area contributed by atoms with Gasteiger partial charge in [0.15, 0.2) is 0 Å². The Hall–Kier alpha value is -1.30. The van der Waals surface area contributed by atoms with Crippen LogP contribution in [0.4, 0.5) is 11.5 Å². The molecule has 6 heteroatoms. The molecule has 5 nitrogen and oxygen atoms in total. The second-order valence-corrected chi connectivity index (χ2v) is 6.46. The van der Waals surface area contributed by atoms with Crippen molar-refractivity contribution in [1.82, 2.24) is 4.98 Å². The maximum absolute atomic E-state index is 10.9. The summed E-state index contributed by atoms with van der Waals surface area (Å²) in [6.07, 6.45) is 5.05. The Kier molecular flexibility index (Phi) is 5.01. The highest BCUT2D eigenvalue weighted by atomic mass is 32.2. The van der Waals surface area contributed by atoms with Crippen LogP contribution in [-0.2, 0) is 10.8 Å². The van der Waals surface area contributed by atoms with Crippen molar-refractivity contribution in [2.24, 2.45) is 5.92 Å².